The van der Waals surface area contributed by atoms with Crippen molar-refractivity contribution in [3.8, 4) is 11.5 Å². The molecule has 0 saturated carbocycles. The highest BCUT2D eigenvalue weighted by molar-refractivity contribution is 7.17. The van der Waals surface area contributed by atoms with Crippen LogP contribution >= 0.6 is 11.3 Å². The average Bonchev–Trinajstić information content (AvgIpc) is 2.53. The van der Waals surface area contributed by atoms with Crippen molar-refractivity contribution in [2.45, 2.75) is 0 Å². The largest absolute Gasteiger partial charge is 0.504 e. The number of nitrogen functional groups attached to an aromatic ring is 1. The number of phenolic OH excluding ortho intramolecular Hbond substituents is 1. The number of fused-ring (bicyclic) bond motifs is 1. The summed E-state index contributed by atoms with van der Waals surface area (Å²) >= 11 is 1.54. The summed E-state index contributed by atoms with van der Waals surface area (Å²) in [6.07, 6.45) is 0. The summed E-state index contributed by atoms with van der Waals surface area (Å²) in [5.41, 5.74) is 6.31. The van der Waals surface area contributed by atoms with Crippen LogP contribution in [0, 0.1) is 0 Å². The maximum atomic E-state index is 9.51. The van der Waals surface area contributed by atoms with Gasteiger partial charge in [0.05, 0.1) is 17.5 Å². The SMILES string of the molecule is COc1c(O)cc(N)c2sccc12. The van der Waals surface area contributed by atoms with E-state index in [0.717, 1.165) is 10.1 Å². The zero-order chi connectivity index (χ0) is 9.42. The van der Waals surface area contributed by atoms with Crippen LogP contribution in [-0.4, -0.2) is 12.2 Å². The molecule has 0 spiro atoms. The number of rotatable bonds is 1. The lowest BCUT2D eigenvalue weighted by atomic mass is 10.2. The molecule has 68 valence electrons. The minimum Gasteiger partial charge on any atom is -0.504 e. The molecule has 0 saturated heterocycles. The molecule has 1 aromatic heterocycles. The summed E-state index contributed by atoms with van der Waals surface area (Å²) in [4.78, 5) is 0. The Morgan fingerprint density at radius 2 is 2.31 bits per heavy atom. The van der Waals surface area contributed by atoms with Crippen LogP contribution in [0.25, 0.3) is 10.1 Å². The fourth-order valence-corrected chi connectivity index (χ4v) is 2.17. The molecule has 0 aliphatic heterocycles. The van der Waals surface area contributed by atoms with Crippen LogP contribution in [0.1, 0.15) is 0 Å². The summed E-state index contributed by atoms with van der Waals surface area (Å²) in [6, 6.07) is 3.40. The van der Waals surface area contributed by atoms with Crippen LogP contribution in [0.3, 0.4) is 0 Å². The molecule has 0 radical (unpaired) electrons. The maximum Gasteiger partial charge on any atom is 0.169 e. The minimum absolute atomic E-state index is 0.0888. The van der Waals surface area contributed by atoms with Gasteiger partial charge in [-0.15, -0.1) is 11.3 Å². The number of hydrogen-bond acceptors (Lipinski definition) is 4. The van der Waals surface area contributed by atoms with Gasteiger partial charge in [0.15, 0.2) is 11.5 Å². The monoisotopic (exact) mass is 195 g/mol. The molecule has 3 nitrogen and oxygen atoms in total. The van der Waals surface area contributed by atoms with Crippen molar-refractivity contribution < 1.29 is 9.84 Å². The Morgan fingerprint density at radius 1 is 1.54 bits per heavy atom. The minimum atomic E-state index is 0.0888. The molecular formula is C9H9NO2S. The van der Waals surface area contributed by atoms with Crippen LogP contribution in [0.15, 0.2) is 17.5 Å². The fraction of sp³-hybridized carbons (Fsp3) is 0.111. The predicted octanol–water partition coefficient (Wildman–Crippen LogP) is 2.20. The number of thiophene rings is 1. The van der Waals surface area contributed by atoms with Gasteiger partial charge in [0.1, 0.15) is 0 Å². The van der Waals surface area contributed by atoms with Gasteiger partial charge in [-0.2, -0.15) is 0 Å². The molecule has 2 rings (SSSR count). The second-order valence-corrected chi connectivity index (χ2v) is 3.60. The number of anilines is 1. The third-order valence-corrected chi connectivity index (χ3v) is 2.86. The van der Waals surface area contributed by atoms with Gasteiger partial charge in [0.25, 0.3) is 0 Å². The van der Waals surface area contributed by atoms with E-state index in [1.54, 1.807) is 0 Å². The van der Waals surface area contributed by atoms with E-state index in [9.17, 15) is 5.11 Å². The van der Waals surface area contributed by atoms with Crippen LogP contribution in [0.4, 0.5) is 5.69 Å². The molecule has 3 N–H and O–H groups in total. The van der Waals surface area contributed by atoms with Crippen molar-refractivity contribution >= 4 is 27.1 Å². The van der Waals surface area contributed by atoms with E-state index >= 15 is 0 Å². The van der Waals surface area contributed by atoms with Crippen LogP contribution in [0.2, 0.25) is 0 Å². The van der Waals surface area contributed by atoms with E-state index in [-0.39, 0.29) is 5.75 Å². The zero-order valence-corrected chi connectivity index (χ0v) is 7.89. The van der Waals surface area contributed by atoms with Crippen molar-refractivity contribution in [1.29, 1.82) is 0 Å². The van der Waals surface area contributed by atoms with Gasteiger partial charge < -0.3 is 15.6 Å². The van der Waals surface area contributed by atoms with Crippen LogP contribution in [0.5, 0.6) is 11.5 Å². The van der Waals surface area contributed by atoms with Gasteiger partial charge in [-0.3, -0.25) is 0 Å². The summed E-state index contributed by atoms with van der Waals surface area (Å²) in [6.45, 7) is 0. The van der Waals surface area contributed by atoms with E-state index in [1.807, 2.05) is 11.4 Å². The highest BCUT2D eigenvalue weighted by Gasteiger charge is 2.10. The quantitative estimate of drug-likeness (QED) is 0.686. The lowest BCUT2D eigenvalue weighted by molar-refractivity contribution is 0.378. The Labute approximate surface area is 79.4 Å². The third-order valence-electron chi connectivity index (χ3n) is 1.90. The summed E-state index contributed by atoms with van der Waals surface area (Å²) in [5.74, 6) is 0.580. The summed E-state index contributed by atoms with van der Waals surface area (Å²) in [5, 5.41) is 12.3. The lowest BCUT2D eigenvalue weighted by Crippen LogP contribution is -1.88. The third kappa shape index (κ3) is 1.10. The summed E-state index contributed by atoms with van der Waals surface area (Å²) < 4.78 is 6.03. The van der Waals surface area contributed by atoms with Crippen LogP contribution in [-0.2, 0) is 0 Å². The number of methoxy groups -OCH3 is 1. The number of hydrogen-bond donors (Lipinski definition) is 2. The highest BCUT2D eigenvalue weighted by atomic mass is 32.1. The Bertz CT molecular complexity index is 450. The number of benzene rings is 1. The van der Waals surface area contributed by atoms with Gasteiger partial charge in [0.2, 0.25) is 0 Å². The number of nitrogens with two attached hydrogens (primary N) is 1. The molecule has 1 heterocycles. The van der Waals surface area contributed by atoms with E-state index < -0.39 is 0 Å². The van der Waals surface area contributed by atoms with Gasteiger partial charge >= 0.3 is 0 Å². The number of aromatic hydroxyl groups is 1. The van der Waals surface area contributed by atoms with Gasteiger partial charge in [-0.25, -0.2) is 0 Å². The molecule has 0 unspecified atom stereocenters. The van der Waals surface area contributed by atoms with E-state index in [2.05, 4.69) is 0 Å². The van der Waals surface area contributed by atoms with E-state index in [1.165, 1.54) is 24.5 Å². The fourth-order valence-electron chi connectivity index (χ4n) is 1.34. The molecule has 1 aromatic carbocycles. The normalized spacial score (nSPS) is 10.5. The first kappa shape index (κ1) is 8.19. The van der Waals surface area contributed by atoms with Gasteiger partial charge in [-0.05, 0) is 11.4 Å². The standard InChI is InChI=1S/C9H9NO2S/c1-12-8-5-2-3-13-9(5)6(10)4-7(8)11/h2-4,11H,10H2,1H3. The molecule has 0 aliphatic rings. The topological polar surface area (TPSA) is 55.5 Å². The molecule has 0 bridgehead atoms. The Kier molecular flexibility index (Phi) is 1.77. The number of phenols is 1. The molecule has 0 aliphatic carbocycles. The molecule has 4 heteroatoms. The first-order chi connectivity index (χ1) is 6.24. The van der Waals surface area contributed by atoms with Gasteiger partial charge in [-0.1, -0.05) is 0 Å². The molecule has 13 heavy (non-hydrogen) atoms. The second-order valence-electron chi connectivity index (χ2n) is 2.68. The molecular weight excluding hydrogens is 186 g/mol. The highest BCUT2D eigenvalue weighted by Crippen LogP contribution is 2.40. The number of ether oxygens (including phenoxy) is 1. The molecule has 0 atom stereocenters. The van der Waals surface area contributed by atoms with E-state index in [4.69, 9.17) is 10.5 Å². The van der Waals surface area contributed by atoms with Crippen molar-refractivity contribution in [2.75, 3.05) is 12.8 Å². The van der Waals surface area contributed by atoms with Crippen LogP contribution < -0.4 is 10.5 Å². The first-order valence-corrected chi connectivity index (χ1v) is 4.64. The smallest absolute Gasteiger partial charge is 0.169 e. The van der Waals surface area contributed by atoms with Crippen molar-refractivity contribution in [3.05, 3.63) is 17.5 Å². The zero-order valence-electron chi connectivity index (χ0n) is 7.07. The molecule has 0 fully saturated rings. The second kappa shape index (κ2) is 2.81. The Hall–Kier alpha value is -1.42. The van der Waals surface area contributed by atoms with Crippen molar-refractivity contribution in [2.24, 2.45) is 0 Å². The molecule has 0 amide bonds. The van der Waals surface area contributed by atoms with Crippen molar-refractivity contribution in [1.82, 2.24) is 0 Å². The average molecular weight is 195 g/mol. The van der Waals surface area contributed by atoms with Gasteiger partial charge in [0, 0.05) is 11.5 Å². The first-order valence-electron chi connectivity index (χ1n) is 3.76. The van der Waals surface area contributed by atoms with Crippen molar-refractivity contribution in [3.63, 3.8) is 0 Å². The Morgan fingerprint density at radius 3 is 3.00 bits per heavy atom. The lowest BCUT2D eigenvalue weighted by Gasteiger charge is -2.06. The Balaban J connectivity index is 2.88. The summed E-state index contributed by atoms with van der Waals surface area (Å²) in [7, 11) is 1.53. The van der Waals surface area contributed by atoms with E-state index in [0.29, 0.717) is 11.4 Å². The predicted molar refractivity (Wildman–Crippen MR) is 54.5 cm³/mol. The maximum absolute atomic E-state index is 9.51. The molecule has 2 aromatic rings.